The number of carbonyl (C=O) groups excluding carboxylic acids is 1. The van der Waals surface area contributed by atoms with Gasteiger partial charge >= 0.3 is 6.03 Å². The van der Waals surface area contributed by atoms with E-state index in [9.17, 15) is 19.7 Å². The number of nitrogens with zero attached hydrogens (tertiary/aromatic N) is 4. The van der Waals surface area contributed by atoms with Crippen molar-refractivity contribution < 1.29 is 9.72 Å². The van der Waals surface area contributed by atoms with E-state index in [0.29, 0.717) is 15.9 Å². The van der Waals surface area contributed by atoms with Crippen molar-refractivity contribution in [2.75, 3.05) is 0 Å². The minimum Gasteiger partial charge on any atom is -0.350 e. The number of benzene rings is 1. The highest BCUT2D eigenvalue weighted by Gasteiger charge is 2.17. The highest BCUT2D eigenvalue weighted by molar-refractivity contribution is 5.91. The van der Waals surface area contributed by atoms with Crippen LogP contribution >= 0.6 is 0 Å². The van der Waals surface area contributed by atoms with E-state index in [4.69, 9.17) is 5.73 Å². The van der Waals surface area contributed by atoms with Gasteiger partial charge in [0, 0.05) is 30.1 Å². The molecule has 3 N–H and O–H groups in total. The molecule has 0 radical (unpaired) electrons. The summed E-state index contributed by atoms with van der Waals surface area (Å²) in [6.07, 6.45) is 4.37. The fourth-order valence-electron chi connectivity index (χ4n) is 2.26. The molecule has 3 aromatic rings. The topological polar surface area (TPSA) is 149 Å². The molecule has 0 aliphatic carbocycles. The second-order valence-electron chi connectivity index (χ2n) is 5.15. The maximum Gasteiger partial charge on any atom is 0.341 e. The predicted molar refractivity (Wildman–Crippen MR) is 93.6 cm³/mol. The van der Waals surface area contributed by atoms with Crippen LogP contribution in [0, 0.1) is 10.1 Å². The Kier molecular flexibility index (Phi) is 4.39. The third-order valence-electron chi connectivity index (χ3n) is 3.50. The molecule has 2 aromatic heterocycles. The zero-order valence-electron chi connectivity index (χ0n) is 13.2. The number of amides is 1. The van der Waals surface area contributed by atoms with Gasteiger partial charge in [0.1, 0.15) is 0 Å². The van der Waals surface area contributed by atoms with Gasteiger partial charge in [0.05, 0.1) is 28.1 Å². The smallest absolute Gasteiger partial charge is 0.341 e. The summed E-state index contributed by atoms with van der Waals surface area (Å²) in [6.45, 7) is 0. The number of aromatic amines is 1. The van der Waals surface area contributed by atoms with E-state index in [2.05, 4.69) is 15.1 Å². The molecular formula is C16H12N6O4. The van der Waals surface area contributed by atoms with E-state index >= 15 is 0 Å². The van der Waals surface area contributed by atoms with Crippen LogP contribution in [0.5, 0.6) is 0 Å². The molecule has 0 bridgehead atoms. The molecule has 1 aromatic carbocycles. The van der Waals surface area contributed by atoms with Gasteiger partial charge in [0.15, 0.2) is 0 Å². The zero-order chi connectivity index (χ0) is 18.7. The van der Waals surface area contributed by atoms with Gasteiger partial charge in [-0.25, -0.2) is 4.79 Å². The lowest BCUT2D eigenvalue weighted by molar-refractivity contribution is -0.384. The summed E-state index contributed by atoms with van der Waals surface area (Å²) in [6, 6.07) is 7.87. The van der Waals surface area contributed by atoms with Crippen molar-refractivity contribution in [1.82, 2.24) is 14.8 Å². The van der Waals surface area contributed by atoms with Crippen molar-refractivity contribution in [3.05, 3.63) is 74.8 Å². The first-order valence-electron chi connectivity index (χ1n) is 7.31. The number of rotatable bonds is 4. The van der Waals surface area contributed by atoms with Crippen LogP contribution in [0.15, 0.2) is 58.6 Å². The Labute approximate surface area is 145 Å². The molecular weight excluding hydrogens is 340 g/mol. The lowest BCUT2D eigenvalue weighted by Gasteiger charge is -2.00. The zero-order valence-corrected chi connectivity index (χ0v) is 13.2. The molecule has 0 unspecified atom stereocenters. The Morgan fingerprint density at radius 2 is 2.04 bits per heavy atom. The molecule has 0 saturated heterocycles. The van der Waals surface area contributed by atoms with Gasteiger partial charge in [-0.05, 0) is 24.3 Å². The average Bonchev–Trinajstić information content (AvgIpc) is 2.97. The van der Waals surface area contributed by atoms with Crippen molar-refractivity contribution in [2.45, 2.75) is 0 Å². The number of nitrogens with two attached hydrogens (primary N) is 1. The number of hydrogen-bond donors (Lipinski definition) is 2. The molecule has 0 aliphatic rings. The second kappa shape index (κ2) is 6.81. The van der Waals surface area contributed by atoms with Crippen molar-refractivity contribution in [1.29, 1.82) is 0 Å². The van der Waals surface area contributed by atoms with Crippen LogP contribution in [0.1, 0.15) is 5.56 Å². The molecule has 0 atom stereocenters. The van der Waals surface area contributed by atoms with Crippen LogP contribution in [0.3, 0.4) is 0 Å². The molecule has 0 aliphatic heterocycles. The first-order valence-corrected chi connectivity index (χ1v) is 7.31. The molecule has 1 amide bonds. The monoisotopic (exact) mass is 352 g/mol. The average molecular weight is 352 g/mol. The van der Waals surface area contributed by atoms with Crippen molar-refractivity contribution in [3.8, 4) is 11.3 Å². The number of nitro benzene ring substituents is 1. The van der Waals surface area contributed by atoms with E-state index in [1.165, 1.54) is 36.7 Å². The summed E-state index contributed by atoms with van der Waals surface area (Å²) in [5.41, 5.74) is 5.72. The van der Waals surface area contributed by atoms with E-state index in [0.717, 1.165) is 0 Å². The largest absolute Gasteiger partial charge is 0.350 e. The van der Waals surface area contributed by atoms with Crippen molar-refractivity contribution in [2.24, 2.45) is 10.7 Å². The fourth-order valence-corrected chi connectivity index (χ4v) is 2.26. The lowest BCUT2D eigenvalue weighted by atomic mass is 10.1. The first-order chi connectivity index (χ1) is 12.5. The molecule has 2 heterocycles. The maximum absolute atomic E-state index is 12.4. The number of non-ortho nitro benzene ring substituents is 1. The number of carbonyl (C=O) groups is 1. The van der Waals surface area contributed by atoms with Crippen LogP contribution in [-0.4, -0.2) is 31.9 Å². The van der Waals surface area contributed by atoms with Gasteiger partial charge in [-0.15, -0.1) is 0 Å². The minimum atomic E-state index is -0.987. The summed E-state index contributed by atoms with van der Waals surface area (Å²) in [5.74, 6) is 0. The van der Waals surface area contributed by atoms with Crippen LogP contribution in [0.2, 0.25) is 0 Å². The third-order valence-corrected chi connectivity index (χ3v) is 3.50. The number of aromatic nitrogens is 3. The van der Waals surface area contributed by atoms with E-state index < -0.39 is 16.5 Å². The van der Waals surface area contributed by atoms with E-state index in [1.54, 1.807) is 18.3 Å². The summed E-state index contributed by atoms with van der Waals surface area (Å²) >= 11 is 0. The SMILES string of the molecule is NC(=O)n1[nH]c(-c2ccc([N+](=O)[O-])cc2)c(C=Nc2cccnc2)c1=O. The molecule has 10 heteroatoms. The molecule has 10 nitrogen and oxygen atoms in total. The second-order valence-corrected chi connectivity index (χ2v) is 5.15. The number of nitro groups is 1. The Morgan fingerprint density at radius 1 is 1.31 bits per heavy atom. The lowest BCUT2D eigenvalue weighted by Crippen LogP contribution is -2.31. The van der Waals surface area contributed by atoms with Crippen LogP contribution < -0.4 is 11.3 Å². The van der Waals surface area contributed by atoms with Crippen molar-refractivity contribution >= 4 is 23.6 Å². The number of H-pyrrole nitrogens is 1. The number of hydrogen-bond acceptors (Lipinski definition) is 6. The van der Waals surface area contributed by atoms with Crippen molar-refractivity contribution in [3.63, 3.8) is 0 Å². The Morgan fingerprint density at radius 3 is 2.62 bits per heavy atom. The number of aliphatic imine (C=N–C) groups is 1. The predicted octanol–water partition coefficient (Wildman–Crippen LogP) is 1.82. The Bertz CT molecular complexity index is 1050. The number of primary amides is 1. The van der Waals surface area contributed by atoms with Gasteiger partial charge in [-0.3, -0.25) is 30.0 Å². The van der Waals surface area contributed by atoms with Crippen LogP contribution in [-0.2, 0) is 0 Å². The maximum atomic E-state index is 12.4. The highest BCUT2D eigenvalue weighted by Crippen LogP contribution is 2.22. The summed E-state index contributed by atoms with van der Waals surface area (Å²) in [5, 5.41) is 13.4. The molecule has 0 spiro atoms. The van der Waals surface area contributed by atoms with Gasteiger partial charge < -0.3 is 5.73 Å². The number of nitrogens with one attached hydrogen (secondary N) is 1. The Balaban J connectivity index is 2.10. The Hall–Kier alpha value is -4.08. The summed E-state index contributed by atoms with van der Waals surface area (Å²) < 4.78 is 0.640. The molecule has 0 fully saturated rings. The van der Waals surface area contributed by atoms with Crippen LogP contribution in [0.4, 0.5) is 16.2 Å². The van der Waals surface area contributed by atoms with Gasteiger partial charge in [0.25, 0.3) is 11.2 Å². The first kappa shape index (κ1) is 16.8. The van der Waals surface area contributed by atoms with Gasteiger partial charge in [-0.2, -0.15) is 4.68 Å². The molecule has 130 valence electrons. The molecule has 26 heavy (non-hydrogen) atoms. The van der Waals surface area contributed by atoms with E-state index in [-0.39, 0.29) is 16.9 Å². The fraction of sp³-hybridized carbons (Fsp3) is 0. The molecule has 0 saturated carbocycles. The summed E-state index contributed by atoms with van der Waals surface area (Å²) in [7, 11) is 0. The highest BCUT2D eigenvalue weighted by atomic mass is 16.6. The normalized spacial score (nSPS) is 10.9. The molecule has 3 rings (SSSR count). The summed E-state index contributed by atoms with van der Waals surface area (Å²) in [4.78, 5) is 42.2. The third kappa shape index (κ3) is 3.24. The van der Waals surface area contributed by atoms with E-state index in [1.807, 2.05) is 0 Å². The number of pyridine rings is 1. The minimum absolute atomic E-state index is 0.0847. The standard InChI is InChI=1S/C16H12N6O4/c17-16(24)21-15(23)13(9-19-11-2-1-7-18-8-11)14(20-21)10-3-5-12(6-4-10)22(25)26/h1-9,20H,(H2,17,24). The van der Waals surface area contributed by atoms with Crippen LogP contribution in [0.25, 0.3) is 11.3 Å². The quantitative estimate of drug-likeness (QED) is 0.417. The van der Waals surface area contributed by atoms with Gasteiger partial charge in [-0.1, -0.05) is 0 Å². The van der Waals surface area contributed by atoms with Gasteiger partial charge in [0.2, 0.25) is 0 Å².